The highest BCUT2D eigenvalue weighted by Gasteiger charge is 2.19. The van der Waals surface area contributed by atoms with Crippen LogP contribution in [0.3, 0.4) is 0 Å². The molecule has 2 aromatic carbocycles. The number of phenols is 1. The minimum absolute atomic E-state index is 0.0827. The molecule has 0 bridgehead atoms. The lowest BCUT2D eigenvalue weighted by molar-refractivity contribution is 0.0693. The molecule has 1 aliphatic heterocycles. The highest BCUT2D eigenvalue weighted by molar-refractivity contribution is 5.94. The number of aromatic nitrogens is 2. The molecule has 1 aromatic heterocycles. The predicted octanol–water partition coefficient (Wildman–Crippen LogP) is 2.48. The Kier molecular flexibility index (Phi) is 4.33. The first-order valence-electron chi connectivity index (χ1n) is 8.54. The monoisotopic (exact) mass is 369 g/mol. The second-order valence-corrected chi connectivity index (χ2v) is 6.27. The van der Waals surface area contributed by atoms with Gasteiger partial charge in [-0.2, -0.15) is 0 Å². The van der Waals surface area contributed by atoms with Crippen molar-refractivity contribution in [2.45, 2.75) is 0 Å². The number of rotatable bonds is 4. The Morgan fingerprint density at radius 1 is 1.26 bits per heavy atom. The Morgan fingerprint density at radius 2 is 2.04 bits per heavy atom. The molecule has 140 valence electrons. The SMILES string of the molecule is COc1cc(-c2nc3ccc(N4CCOCC4)cc3[nH]2)cc(C(=O)O)c1O. The van der Waals surface area contributed by atoms with E-state index in [1.807, 2.05) is 18.2 Å². The first-order valence-corrected chi connectivity index (χ1v) is 8.54. The quantitative estimate of drug-likeness (QED) is 0.648. The van der Waals surface area contributed by atoms with Crippen LogP contribution >= 0.6 is 0 Å². The number of H-pyrrole nitrogens is 1. The van der Waals surface area contributed by atoms with E-state index in [2.05, 4.69) is 14.9 Å². The van der Waals surface area contributed by atoms with Crippen LogP contribution in [0.4, 0.5) is 5.69 Å². The molecular formula is C19H19N3O5. The van der Waals surface area contributed by atoms with Gasteiger partial charge in [0.2, 0.25) is 0 Å². The number of ether oxygens (including phenoxy) is 2. The molecule has 0 amide bonds. The Hall–Kier alpha value is -3.26. The maximum absolute atomic E-state index is 11.4. The Bertz CT molecular complexity index is 1010. The number of nitrogens with zero attached hydrogens (tertiary/aromatic N) is 2. The average Bonchev–Trinajstić information content (AvgIpc) is 3.12. The summed E-state index contributed by atoms with van der Waals surface area (Å²) in [7, 11) is 1.37. The Labute approximate surface area is 155 Å². The van der Waals surface area contributed by atoms with Crippen LogP contribution in [0.1, 0.15) is 10.4 Å². The molecule has 3 N–H and O–H groups in total. The number of hydrogen-bond acceptors (Lipinski definition) is 6. The number of hydrogen-bond donors (Lipinski definition) is 3. The molecule has 0 radical (unpaired) electrons. The van der Waals surface area contributed by atoms with Gasteiger partial charge in [0.1, 0.15) is 11.4 Å². The van der Waals surface area contributed by atoms with Gasteiger partial charge in [0, 0.05) is 24.3 Å². The van der Waals surface area contributed by atoms with Gasteiger partial charge >= 0.3 is 5.97 Å². The van der Waals surface area contributed by atoms with Crippen LogP contribution in [-0.4, -0.2) is 59.6 Å². The third kappa shape index (κ3) is 3.15. The van der Waals surface area contributed by atoms with Gasteiger partial charge < -0.3 is 29.6 Å². The number of carbonyl (C=O) groups is 1. The molecule has 0 spiro atoms. The van der Waals surface area contributed by atoms with Crippen molar-refractivity contribution in [2.75, 3.05) is 38.3 Å². The van der Waals surface area contributed by atoms with E-state index in [-0.39, 0.29) is 11.3 Å². The molecule has 1 saturated heterocycles. The Balaban J connectivity index is 1.76. The molecule has 27 heavy (non-hydrogen) atoms. The molecule has 3 aromatic rings. The number of aromatic carboxylic acids is 1. The molecule has 4 rings (SSSR count). The summed E-state index contributed by atoms with van der Waals surface area (Å²) in [6.07, 6.45) is 0. The topological polar surface area (TPSA) is 108 Å². The van der Waals surface area contributed by atoms with Gasteiger partial charge in [-0.1, -0.05) is 0 Å². The standard InChI is InChI=1S/C19H19N3O5/c1-26-16-9-11(8-13(17(16)23)19(24)25)18-20-14-3-2-12(10-15(14)21-18)22-4-6-27-7-5-22/h2-3,8-10,23H,4-7H2,1H3,(H,20,21)(H,24,25). The van der Waals surface area contributed by atoms with E-state index in [1.54, 1.807) is 6.07 Å². The number of carboxylic acid groups (broad SMARTS) is 1. The Morgan fingerprint density at radius 3 is 2.74 bits per heavy atom. The molecule has 0 unspecified atom stereocenters. The average molecular weight is 369 g/mol. The number of aromatic hydroxyl groups is 1. The summed E-state index contributed by atoms with van der Waals surface area (Å²) < 4.78 is 10.5. The number of carboxylic acids is 1. The molecule has 1 fully saturated rings. The lowest BCUT2D eigenvalue weighted by Crippen LogP contribution is -2.36. The first-order chi connectivity index (χ1) is 13.1. The van der Waals surface area contributed by atoms with Crippen molar-refractivity contribution in [3.63, 3.8) is 0 Å². The van der Waals surface area contributed by atoms with Gasteiger partial charge in [-0.05, 0) is 30.3 Å². The number of fused-ring (bicyclic) bond motifs is 1. The fraction of sp³-hybridized carbons (Fsp3) is 0.263. The van der Waals surface area contributed by atoms with Gasteiger partial charge in [-0.15, -0.1) is 0 Å². The van der Waals surface area contributed by atoms with E-state index in [0.29, 0.717) is 24.6 Å². The summed E-state index contributed by atoms with van der Waals surface area (Å²) in [4.78, 5) is 21.4. The second-order valence-electron chi connectivity index (χ2n) is 6.27. The fourth-order valence-corrected chi connectivity index (χ4v) is 3.22. The highest BCUT2D eigenvalue weighted by atomic mass is 16.5. The lowest BCUT2D eigenvalue weighted by Gasteiger charge is -2.28. The van der Waals surface area contributed by atoms with Crippen molar-refractivity contribution in [2.24, 2.45) is 0 Å². The minimum Gasteiger partial charge on any atom is -0.504 e. The zero-order valence-electron chi connectivity index (χ0n) is 14.7. The van der Waals surface area contributed by atoms with Crippen LogP contribution in [0.5, 0.6) is 11.5 Å². The van der Waals surface area contributed by atoms with Crippen molar-refractivity contribution < 1.29 is 24.5 Å². The molecule has 0 aliphatic carbocycles. The largest absolute Gasteiger partial charge is 0.504 e. The second kappa shape index (κ2) is 6.81. The molecule has 8 nitrogen and oxygen atoms in total. The van der Waals surface area contributed by atoms with Crippen molar-refractivity contribution in [3.05, 3.63) is 35.9 Å². The van der Waals surface area contributed by atoms with E-state index < -0.39 is 11.7 Å². The van der Waals surface area contributed by atoms with Gasteiger partial charge in [-0.3, -0.25) is 0 Å². The number of imidazole rings is 1. The molecule has 2 heterocycles. The number of nitrogens with one attached hydrogen (secondary N) is 1. The first kappa shape index (κ1) is 17.2. The van der Waals surface area contributed by atoms with Crippen molar-refractivity contribution in [3.8, 4) is 22.9 Å². The summed E-state index contributed by atoms with van der Waals surface area (Å²) in [5, 5.41) is 19.3. The van der Waals surface area contributed by atoms with Gasteiger partial charge in [0.25, 0.3) is 0 Å². The predicted molar refractivity (Wildman–Crippen MR) is 99.7 cm³/mol. The van der Waals surface area contributed by atoms with Crippen LogP contribution < -0.4 is 9.64 Å². The number of morpholine rings is 1. The van der Waals surface area contributed by atoms with Crippen LogP contribution in [0.25, 0.3) is 22.4 Å². The van der Waals surface area contributed by atoms with Crippen molar-refractivity contribution >= 4 is 22.7 Å². The van der Waals surface area contributed by atoms with Crippen molar-refractivity contribution in [1.29, 1.82) is 0 Å². The number of methoxy groups -OCH3 is 1. The van der Waals surface area contributed by atoms with Crippen molar-refractivity contribution in [1.82, 2.24) is 9.97 Å². The summed E-state index contributed by atoms with van der Waals surface area (Å²) in [6, 6.07) is 8.89. The maximum Gasteiger partial charge on any atom is 0.339 e. The van der Waals surface area contributed by atoms with E-state index >= 15 is 0 Å². The van der Waals surface area contributed by atoms with Crippen LogP contribution in [0, 0.1) is 0 Å². The smallest absolute Gasteiger partial charge is 0.339 e. The normalized spacial score (nSPS) is 14.5. The molecule has 8 heteroatoms. The molecule has 0 saturated carbocycles. The molecular weight excluding hydrogens is 350 g/mol. The van der Waals surface area contributed by atoms with Gasteiger partial charge in [0.05, 0.1) is 31.4 Å². The summed E-state index contributed by atoms with van der Waals surface area (Å²) >= 11 is 0. The summed E-state index contributed by atoms with van der Waals surface area (Å²) in [5.74, 6) is -1.05. The lowest BCUT2D eigenvalue weighted by atomic mass is 10.1. The molecule has 1 aliphatic rings. The van der Waals surface area contributed by atoms with Crippen LogP contribution in [-0.2, 0) is 4.74 Å². The third-order valence-corrected chi connectivity index (χ3v) is 4.64. The maximum atomic E-state index is 11.4. The summed E-state index contributed by atoms with van der Waals surface area (Å²) in [6.45, 7) is 3.09. The van der Waals surface area contributed by atoms with E-state index in [0.717, 1.165) is 29.8 Å². The zero-order chi connectivity index (χ0) is 19.0. The van der Waals surface area contributed by atoms with E-state index in [9.17, 15) is 15.0 Å². The van der Waals surface area contributed by atoms with Crippen LogP contribution in [0.2, 0.25) is 0 Å². The number of aromatic amines is 1. The van der Waals surface area contributed by atoms with E-state index in [1.165, 1.54) is 13.2 Å². The number of anilines is 1. The zero-order valence-corrected chi connectivity index (χ0v) is 14.7. The summed E-state index contributed by atoms with van der Waals surface area (Å²) in [5.41, 5.74) is 2.98. The number of benzene rings is 2. The fourth-order valence-electron chi connectivity index (χ4n) is 3.22. The third-order valence-electron chi connectivity index (χ3n) is 4.64. The molecule has 0 atom stereocenters. The van der Waals surface area contributed by atoms with Crippen LogP contribution in [0.15, 0.2) is 30.3 Å². The highest BCUT2D eigenvalue weighted by Crippen LogP contribution is 2.35. The minimum atomic E-state index is -1.24. The van der Waals surface area contributed by atoms with Gasteiger partial charge in [0.15, 0.2) is 11.5 Å². The van der Waals surface area contributed by atoms with E-state index in [4.69, 9.17) is 9.47 Å². The van der Waals surface area contributed by atoms with Gasteiger partial charge in [-0.25, -0.2) is 9.78 Å².